The Morgan fingerprint density at radius 3 is 2.33 bits per heavy atom. The molecule has 2 aromatic rings. The Morgan fingerprint density at radius 2 is 1.72 bits per heavy atom. The number of rotatable bonds is 4. The van der Waals surface area contributed by atoms with Crippen molar-refractivity contribution in [3.63, 3.8) is 0 Å². The van der Waals surface area contributed by atoms with Crippen LogP contribution in [-0.2, 0) is 6.42 Å². The predicted octanol–water partition coefficient (Wildman–Crippen LogP) is 4.50. The molecule has 1 nitrogen and oxygen atoms in total. The van der Waals surface area contributed by atoms with Crippen LogP contribution in [0, 0.1) is 0 Å². The number of likely N-dealkylation sites (N-methyl/N-ethyl adjacent to an activating group) is 1. The molecule has 0 aliphatic carbocycles. The minimum absolute atomic E-state index is 0.265. The molecule has 0 heterocycles. The first-order chi connectivity index (χ1) is 8.69. The second kappa shape index (κ2) is 6.24. The first-order valence-corrected chi connectivity index (χ1v) is 6.62. The Labute approximate surface area is 118 Å². The fraction of sp³-hybridized carbons (Fsp3) is 0.200. The fourth-order valence-corrected chi connectivity index (χ4v) is 2.32. The first kappa shape index (κ1) is 13.4. The minimum atomic E-state index is 0.265. The third-order valence-electron chi connectivity index (χ3n) is 2.95. The van der Waals surface area contributed by atoms with Crippen molar-refractivity contribution in [1.29, 1.82) is 0 Å². The van der Waals surface area contributed by atoms with Gasteiger partial charge in [0.05, 0.1) is 0 Å². The smallest absolute Gasteiger partial charge is 0.0408 e. The summed E-state index contributed by atoms with van der Waals surface area (Å²) in [4.78, 5) is 0. The molecule has 18 heavy (non-hydrogen) atoms. The molecule has 1 unspecified atom stereocenters. The van der Waals surface area contributed by atoms with Gasteiger partial charge in [0, 0.05) is 16.1 Å². The largest absolute Gasteiger partial charge is 0.313 e. The van der Waals surface area contributed by atoms with Crippen LogP contribution in [0.15, 0.2) is 48.5 Å². The molecule has 0 radical (unpaired) electrons. The van der Waals surface area contributed by atoms with Crippen LogP contribution in [0.3, 0.4) is 0 Å². The summed E-state index contributed by atoms with van der Waals surface area (Å²) in [7, 11) is 1.96. The van der Waals surface area contributed by atoms with Crippen LogP contribution >= 0.6 is 23.2 Å². The third kappa shape index (κ3) is 3.49. The second-order valence-electron chi connectivity index (χ2n) is 4.23. The van der Waals surface area contributed by atoms with Crippen LogP contribution in [0.4, 0.5) is 0 Å². The molecule has 0 bridgehead atoms. The van der Waals surface area contributed by atoms with Crippen LogP contribution in [0.25, 0.3) is 0 Å². The van der Waals surface area contributed by atoms with E-state index in [1.165, 1.54) is 11.1 Å². The molecule has 2 aromatic carbocycles. The fourth-order valence-electron chi connectivity index (χ4n) is 1.98. The van der Waals surface area contributed by atoms with Crippen LogP contribution in [0.5, 0.6) is 0 Å². The maximum atomic E-state index is 6.00. The van der Waals surface area contributed by atoms with E-state index in [0.717, 1.165) is 16.5 Å². The van der Waals surface area contributed by atoms with Crippen LogP contribution in [0.2, 0.25) is 10.0 Å². The highest BCUT2D eigenvalue weighted by molar-refractivity contribution is 6.30. The Kier molecular flexibility index (Phi) is 4.65. The van der Waals surface area contributed by atoms with E-state index in [0.29, 0.717) is 0 Å². The SMILES string of the molecule is CNC(Cc1cccc(Cl)c1)c1ccc(Cl)cc1. The van der Waals surface area contributed by atoms with Gasteiger partial charge < -0.3 is 5.32 Å². The van der Waals surface area contributed by atoms with E-state index >= 15 is 0 Å². The van der Waals surface area contributed by atoms with Gasteiger partial charge in [-0.15, -0.1) is 0 Å². The van der Waals surface area contributed by atoms with Crippen molar-refractivity contribution >= 4 is 23.2 Å². The molecule has 0 saturated carbocycles. The highest BCUT2D eigenvalue weighted by Gasteiger charge is 2.10. The molecule has 3 heteroatoms. The highest BCUT2D eigenvalue weighted by Crippen LogP contribution is 2.21. The zero-order valence-corrected chi connectivity index (χ0v) is 11.7. The van der Waals surface area contributed by atoms with Gasteiger partial charge in [0.25, 0.3) is 0 Å². The van der Waals surface area contributed by atoms with Crippen molar-refractivity contribution < 1.29 is 0 Å². The maximum Gasteiger partial charge on any atom is 0.0408 e. The lowest BCUT2D eigenvalue weighted by atomic mass is 9.99. The average Bonchev–Trinajstić information content (AvgIpc) is 2.37. The van der Waals surface area contributed by atoms with Gasteiger partial charge in [0.1, 0.15) is 0 Å². The molecule has 0 aromatic heterocycles. The molecule has 0 aliphatic rings. The summed E-state index contributed by atoms with van der Waals surface area (Å²) < 4.78 is 0. The average molecular weight is 280 g/mol. The Morgan fingerprint density at radius 1 is 1.00 bits per heavy atom. The van der Waals surface area contributed by atoms with Gasteiger partial charge in [-0.25, -0.2) is 0 Å². The van der Waals surface area contributed by atoms with Crippen LogP contribution in [-0.4, -0.2) is 7.05 Å². The lowest BCUT2D eigenvalue weighted by molar-refractivity contribution is 0.592. The molecule has 1 atom stereocenters. The van der Waals surface area contributed by atoms with Gasteiger partial charge >= 0.3 is 0 Å². The molecule has 1 N–H and O–H groups in total. The van der Waals surface area contributed by atoms with Crippen molar-refractivity contribution in [2.75, 3.05) is 7.05 Å². The van der Waals surface area contributed by atoms with E-state index < -0.39 is 0 Å². The molecule has 94 valence electrons. The van der Waals surface area contributed by atoms with Crippen molar-refractivity contribution in [1.82, 2.24) is 5.32 Å². The van der Waals surface area contributed by atoms with E-state index in [4.69, 9.17) is 23.2 Å². The lowest BCUT2D eigenvalue weighted by Gasteiger charge is -2.17. The Hall–Kier alpha value is -1.02. The van der Waals surface area contributed by atoms with E-state index in [2.05, 4.69) is 11.4 Å². The second-order valence-corrected chi connectivity index (χ2v) is 5.10. The van der Waals surface area contributed by atoms with Crippen molar-refractivity contribution in [3.8, 4) is 0 Å². The molecule has 2 rings (SSSR count). The number of benzene rings is 2. The molecule has 0 fully saturated rings. The number of halogens is 2. The van der Waals surface area contributed by atoms with Gasteiger partial charge in [-0.3, -0.25) is 0 Å². The standard InChI is InChI=1S/C15H15Cl2N/c1-18-15(12-5-7-13(16)8-6-12)10-11-3-2-4-14(17)9-11/h2-9,15,18H,10H2,1H3. The highest BCUT2D eigenvalue weighted by atomic mass is 35.5. The third-order valence-corrected chi connectivity index (χ3v) is 3.44. The summed E-state index contributed by atoms with van der Waals surface area (Å²) in [5.41, 5.74) is 2.44. The summed E-state index contributed by atoms with van der Waals surface area (Å²) in [5.74, 6) is 0. The topological polar surface area (TPSA) is 12.0 Å². The summed E-state index contributed by atoms with van der Waals surface area (Å²) in [6.07, 6.45) is 0.901. The maximum absolute atomic E-state index is 6.00. The summed E-state index contributed by atoms with van der Waals surface area (Å²) >= 11 is 11.9. The van der Waals surface area contributed by atoms with Crippen LogP contribution in [0.1, 0.15) is 17.2 Å². The van der Waals surface area contributed by atoms with E-state index in [1.807, 2.05) is 49.5 Å². The monoisotopic (exact) mass is 279 g/mol. The minimum Gasteiger partial charge on any atom is -0.313 e. The zero-order chi connectivity index (χ0) is 13.0. The van der Waals surface area contributed by atoms with Crippen molar-refractivity contribution in [3.05, 3.63) is 69.7 Å². The summed E-state index contributed by atoms with van der Waals surface area (Å²) in [6.45, 7) is 0. The van der Waals surface area contributed by atoms with Gasteiger partial charge in [0.15, 0.2) is 0 Å². The normalized spacial score (nSPS) is 12.4. The predicted molar refractivity (Wildman–Crippen MR) is 78.4 cm³/mol. The van der Waals surface area contributed by atoms with E-state index in [-0.39, 0.29) is 6.04 Å². The summed E-state index contributed by atoms with van der Waals surface area (Å²) in [5, 5.41) is 4.86. The van der Waals surface area contributed by atoms with Gasteiger partial charge in [-0.2, -0.15) is 0 Å². The quantitative estimate of drug-likeness (QED) is 0.869. The summed E-state index contributed by atoms with van der Waals surface area (Å²) in [6, 6.07) is 16.2. The number of nitrogens with one attached hydrogen (secondary N) is 1. The molecule has 0 amide bonds. The first-order valence-electron chi connectivity index (χ1n) is 5.86. The number of hydrogen-bond acceptors (Lipinski definition) is 1. The Balaban J connectivity index is 2.17. The van der Waals surface area contributed by atoms with Gasteiger partial charge in [0.2, 0.25) is 0 Å². The molecule has 0 saturated heterocycles. The van der Waals surface area contributed by atoms with Crippen LogP contribution < -0.4 is 5.32 Å². The van der Waals surface area contributed by atoms with E-state index in [1.54, 1.807) is 0 Å². The Bertz CT molecular complexity index is 508. The van der Waals surface area contributed by atoms with Crippen molar-refractivity contribution in [2.45, 2.75) is 12.5 Å². The molecule has 0 aliphatic heterocycles. The van der Waals surface area contributed by atoms with Crippen molar-refractivity contribution in [2.24, 2.45) is 0 Å². The lowest BCUT2D eigenvalue weighted by Crippen LogP contribution is -2.18. The zero-order valence-electron chi connectivity index (χ0n) is 10.2. The van der Waals surface area contributed by atoms with E-state index in [9.17, 15) is 0 Å². The molecular formula is C15H15Cl2N. The van der Waals surface area contributed by atoms with Gasteiger partial charge in [-0.1, -0.05) is 47.5 Å². The molecular weight excluding hydrogens is 265 g/mol. The number of hydrogen-bond donors (Lipinski definition) is 1. The van der Waals surface area contributed by atoms with Gasteiger partial charge in [-0.05, 0) is 48.9 Å². The molecule has 0 spiro atoms.